The molecule has 0 fully saturated rings. The Balaban J connectivity index is 2.22. The van der Waals surface area contributed by atoms with Crippen LogP contribution in [-0.4, -0.2) is 27.8 Å². The number of aryl methyl sites for hydroxylation is 1. The molecule has 0 saturated carbocycles. The minimum atomic E-state index is 1.05. The van der Waals surface area contributed by atoms with E-state index in [0.717, 1.165) is 31.9 Å². The van der Waals surface area contributed by atoms with E-state index in [1.54, 1.807) is 0 Å². The Bertz CT molecular complexity index is 277. The van der Waals surface area contributed by atoms with E-state index < -0.39 is 0 Å². The number of hydrogen-bond donors (Lipinski definition) is 0. The molecule has 1 aromatic heterocycles. The van der Waals surface area contributed by atoms with E-state index >= 15 is 0 Å². The zero-order valence-electron chi connectivity index (χ0n) is 7.75. The van der Waals surface area contributed by atoms with Gasteiger partial charge in [0.25, 0.3) is 0 Å². The van der Waals surface area contributed by atoms with Gasteiger partial charge in [-0.3, -0.25) is 9.58 Å². The second-order valence-electron chi connectivity index (χ2n) is 3.37. The molecule has 1 aromatic rings. The molecule has 1 aliphatic heterocycles. The lowest BCUT2D eigenvalue weighted by atomic mass is 10.3. The Morgan fingerprint density at radius 2 is 2.33 bits per heavy atom. The Morgan fingerprint density at radius 1 is 1.50 bits per heavy atom. The van der Waals surface area contributed by atoms with Crippen molar-refractivity contribution in [3.8, 4) is 0 Å². The SMILES string of the molecule is CCN1CCn2nc(C)cc2C1. The largest absolute Gasteiger partial charge is 0.296 e. The molecule has 0 aliphatic carbocycles. The second-order valence-corrected chi connectivity index (χ2v) is 3.37. The van der Waals surface area contributed by atoms with Gasteiger partial charge in [-0.1, -0.05) is 6.92 Å². The monoisotopic (exact) mass is 165 g/mol. The molecule has 2 rings (SSSR count). The third-order valence-electron chi connectivity index (χ3n) is 2.45. The van der Waals surface area contributed by atoms with E-state index in [4.69, 9.17) is 0 Å². The van der Waals surface area contributed by atoms with E-state index in [2.05, 4.69) is 34.6 Å². The van der Waals surface area contributed by atoms with Gasteiger partial charge in [0.15, 0.2) is 0 Å². The Morgan fingerprint density at radius 3 is 3.08 bits per heavy atom. The average Bonchev–Trinajstić information content (AvgIpc) is 2.43. The van der Waals surface area contributed by atoms with Crippen molar-refractivity contribution in [2.24, 2.45) is 0 Å². The van der Waals surface area contributed by atoms with Gasteiger partial charge in [-0.25, -0.2) is 0 Å². The first-order valence-electron chi connectivity index (χ1n) is 4.55. The van der Waals surface area contributed by atoms with Crippen molar-refractivity contribution < 1.29 is 0 Å². The first-order valence-corrected chi connectivity index (χ1v) is 4.55. The lowest BCUT2D eigenvalue weighted by Gasteiger charge is -2.25. The summed E-state index contributed by atoms with van der Waals surface area (Å²) in [5, 5.41) is 4.41. The maximum atomic E-state index is 4.41. The molecule has 0 atom stereocenters. The molecule has 2 heterocycles. The third-order valence-corrected chi connectivity index (χ3v) is 2.45. The fourth-order valence-electron chi connectivity index (χ4n) is 1.73. The summed E-state index contributed by atoms with van der Waals surface area (Å²) in [6.07, 6.45) is 0. The lowest BCUT2D eigenvalue weighted by molar-refractivity contribution is 0.224. The van der Waals surface area contributed by atoms with Crippen molar-refractivity contribution in [2.45, 2.75) is 26.9 Å². The quantitative estimate of drug-likeness (QED) is 0.619. The number of hydrogen-bond acceptors (Lipinski definition) is 2. The molecule has 0 spiro atoms. The maximum absolute atomic E-state index is 4.41. The predicted molar refractivity (Wildman–Crippen MR) is 47.9 cm³/mol. The molecule has 1 aliphatic rings. The summed E-state index contributed by atoms with van der Waals surface area (Å²) in [6.45, 7) is 8.67. The smallest absolute Gasteiger partial charge is 0.0597 e. The fourth-order valence-corrected chi connectivity index (χ4v) is 1.73. The van der Waals surface area contributed by atoms with Gasteiger partial charge in [-0.2, -0.15) is 5.10 Å². The highest BCUT2D eigenvalue weighted by atomic mass is 15.3. The van der Waals surface area contributed by atoms with Crippen LogP contribution in [0.15, 0.2) is 6.07 Å². The van der Waals surface area contributed by atoms with E-state index in [1.165, 1.54) is 5.69 Å². The zero-order valence-corrected chi connectivity index (χ0v) is 7.75. The minimum Gasteiger partial charge on any atom is -0.296 e. The summed E-state index contributed by atoms with van der Waals surface area (Å²) >= 11 is 0. The molecule has 0 amide bonds. The molecule has 66 valence electrons. The van der Waals surface area contributed by atoms with Gasteiger partial charge in [-0.15, -0.1) is 0 Å². The van der Waals surface area contributed by atoms with Gasteiger partial charge < -0.3 is 0 Å². The highest BCUT2D eigenvalue weighted by molar-refractivity contribution is 5.10. The third kappa shape index (κ3) is 1.25. The normalized spacial score (nSPS) is 17.8. The number of nitrogens with zero attached hydrogens (tertiary/aromatic N) is 3. The van der Waals surface area contributed by atoms with Crippen molar-refractivity contribution in [2.75, 3.05) is 13.1 Å². The molecular weight excluding hydrogens is 150 g/mol. The molecule has 0 aromatic carbocycles. The van der Waals surface area contributed by atoms with Gasteiger partial charge in [0.05, 0.1) is 17.9 Å². The lowest BCUT2D eigenvalue weighted by Crippen LogP contribution is -2.33. The number of fused-ring (bicyclic) bond motifs is 1. The molecule has 0 bridgehead atoms. The number of rotatable bonds is 1. The van der Waals surface area contributed by atoms with E-state index in [1.807, 2.05) is 0 Å². The predicted octanol–water partition coefficient (Wildman–Crippen LogP) is 1.03. The van der Waals surface area contributed by atoms with Crippen LogP contribution in [0.5, 0.6) is 0 Å². The van der Waals surface area contributed by atoms with E-state index in [9.17, 15) is 0 Å². The average molecular weight is 165 g/mol. The zero-order chi connectivity index (χ0) is 8.55. The number of aromatic nitrogens is 2. The van der Waals surface area contributed by atoms with Crippen LogP contribution in [0.25, 0.3) is 0 Å². The summed E-state index contributed by atoms with van der Waals surface area (Å²) < 4.78 is 2.13. The van der Waals surface area contributed by atoms with Gasteiger partial charge in [-0.05, 0) is 19.5 Å². The molecule has 0 saturated heterocycles. The summed E-state index contributed by atoms with van der Waals surface area (Å²) in [5.41, 5.74) is 2.50. The van der Waals surface area contributed by atoms with Crippen LogP contribution in [-0.2, 0) is 13.1 Å². The number of likely N-dealkylation sites (N-methyl/N-ethyl adjacent to an activating group) is 1. The van der Waals surface area contributed by atoms with Gasteiger partial charge in [0.1, 0.15) is 0 Å². The van der Waals surface area contributed by atoms with Crippen LogP contribution in [0.1, 0.15) is 18.3 Å². The topological polar surface area (TPSA) is 21.1 Å². The van der Waals surface area contributed by atoms with Crippen molar-refractivity contribution in [1.82, 2.24) is 14.7 Å². The minimum absolute atomic E-state index is 1.05. The van der Waals surface area contributed by atoms with Crippen LogP contribution in [0.3, 0.4) is 0 Å². The first-order chi connectivity index (χ1) is 5.79. The van der Waals surface area contributed by atoms with Crippen molar-refractivity contribution in [3.63, 3.8) is 0 Å². The van der Waals surface area contributed by atoms with Crippen LogP contribution in [0.4, 0.5) is 0 Å². The Hall–Kier alpha value is -0.830. The molecule has 0 unspecified atom stereocenters. The second kappa shape index (κ2) is 2.90. The van der Waals surface area contributed by atoms with Crippen LogP contribution < -0.4 is 0 Å². The van der Waals surface area contributed by atoms with E-state index in [-0.39, 0.29) is 0 Å². The van der Waals surface area contributed by atoms with Gasteiger partial charge in [0.2, 0.25) is 0 Å². The molecular formula is C9H15N3. The summed E-state index contributed by atoms with van der Waals surface area (Å²) in [7, 11) is 0. The maximum Gasteiger partial charge on any atom is 0.0597 e. The highest BCUT2D eigenvalue weighted by Gasteiger charge is 2.15. The van der Waals surface area contributed by atoms with Crippen LogP contribution in [0, 0.1) is 6.92 Å². The summed E-state index contributed by atoms with van der Waals surface area (Å²) in [6, 6.07) is 2.18. The highest BCUT2D eigenvalue weighted by Crippen LogP contribution is 2.12. The van der Waals surface area contributed by atoms with Gasteiger partial charge in [0, 0.05) is 13.1 Å². The van der Waals surface area contributed by atoms with Crippen LogP contribution in [0.2, 0.25) is 0 Å². The summed E-state index contributed by atoms with van der Waals surface area (Å²) in [4.78, 5) is 2.44. The summed E-state index contributed by atoms with van der Waals surface area (Å²) in [5.74, 6) is 0. The van der Waals surface area contributed by atoms with Crippen LogP contribution >= 0.6 is 0 Å². The van der Waals surface area contributed by atoms with E-state index in [0.29, 0.717) is 0 Å². The molecule has 3 heteroatoms. The molecule has 12 heavy (non-hydrogen) atoms. The molecule has 0 N–H and O–H groups in total. The van der Waals surface area contributed by atoms with Crippen molar-refractivity contribution in [1.29, 1.82) is 0 Å². The fraction of sp³-hybridized carbons (Fsp3) is 0.667. The van der Waals surface area contributed by atoms with Crippen molar-refractivity contribution >= 4 is 0 Å². The van der Waals surface area contributed by atoms with Gasteiger partial charge >= 0.3 is 0 Å². The molecule has 0 radical (unpaired) electrons. The standard InChI is InChI=1S/C9H15N3/c1-3-11-4-5-12-9(7-11)6-8(2)10-12/h6H,3-5,7H2,1-2H3. The Kier molecular flexibility index (Phi) is 1.89. The Labute approximate surface area is 73.0 Å². The van der Waals surface area contributed by atoms with Crippen molar-refractivity contribution in [3.05, 3.63) is 17.5 Å². The molecule has 3 nitrogen and oxygen atoms in total. The first kappa shape index (κ1) is 7.80.